The lowest BCUT2D eigenvalue weighted by Gasteiger charge is -2.62. The van der Waals surface area contributed by atoms with Gasteiger partial charge < -0.3 is 30.7 Å². The highest BCUT2D eigenvalue weighted by atomic mass is 16.7. The van der Waals surface area contributed by atoms with Crippen molar-refractivity contribution in [3.8, 4) is 16.9 Å². The number of aliphatic hydroxyl groups excluding tert-OH is 1. The molecule has 3 aromatic rings. The van der Waals surface area contributed by atoms with E-state index in [-0.39, 0.29) is 42.3 Å². The van der Waals surface area contributed by atoms with E-state index in [0.717, 1.165) is 28.8 Å². The first-order valence-electron chi connectivity index (χ1n) is 18.7. The summed E-state index contributed by atoms with van der Waals surface area (Å²) in [6.45, 7) is 8.84. The Morgan fingerprint density at radius 1 is 1.02 bits per heavy atom. The molecule has 11 heteroatoms. The number of rotatable bonds is 12. The molecule has 3 saturated carbocycles. The van der Waals surface area contributed by atoms with Crippen LogP contribution in [0.3, 0.4) is 0 Å². The molecule has 0 spiro atoms. The molecule has 0 aromatic heterocycles. The van der Waals surface area contributed by atoms with Crippen LogP contribution < -0.4 is 25.6 Å². The Labute approximate surface area is 313 Å². The highest BCUT2D eigenvalue weighted by Gasteiger charge is 2.57. The summed E-state index contributed by atoms with van der Waals surface area (Å²) >= 11 is 0. The zero-order valence-electron chi connectivity index (χ0n) is 32.2. The molecule has 0 unspecified atom stereocenters. The van der Waals surface area contributed by atoms with Crippen molar-refractivity contribution in [3.63, 3.8) is 0 Å². The maximum atomic E-state index is 14.5. The first-order valence-corrected chi connectivity index (χ1v) is 18.7. The third-order valence-electron chi connectivity index (χ3n) is 12.2. The number of hydrogen-bond donors (Lipinski definition) is 4. The van der Waals surface area contributed by atoms with E-state index in [0.29, 0.717) is 34.6 Å². The van der Waals surface area contributed by atoms with Gasteiger partial charge in [0.1, 0.15) is 17.9 Å². The monoisotopic (exact) mass is 725 g/mol. The van der Waals surface area contributed by atoms with Crippen molar-refractivity contribution in [2.45, 2.75) is 71.4 Å². The zero-order valence-corrected chi connectivity index (χ0v) is 32.2. The number of hydroxylamine groups is 2. The Morgan fingerprint density at radius 3 is 2.38 bits per heavy atom. The van der Waals surface area contributed by atoms with Crippen LogP contribution in [0.1, 0.15) is 66.8 Å². The minimum absolute atomic E-state index is 0.0176. The number of fused-ring (bicyclic) bond motifs is 2. The molecular weight excluding hydrogens is 670 g/mol. The first-order chi connectivity index (χ1) is 25.2. The lowest BCUT2D eigenvalue weighted by Crippen LogP contribution is -2.62. The third-order valence-corrected chi connectivity index (χ3v) is 12.2. The van der Waals surface area contributed by atoms with Gasteiger partial charge >= 0.3 is 0 Å². The fraction of sp³-hybridized carbons (Fsp3) is 0.500. The molecule has 3 aromatic carbocycles. The van der Waals surface area contributed by atoms with Crippen molar-refractivity contribution in [1.82, 2.24) is 21.0 Å². The Balaban J connectivity index is 1.33. The summed E-state index contributed by atoms with van der Waals surface area (Å²) in [7, 11) is 7.05. The molecule has 1 aliphatic heterocycles. The molecule has 8 atom stereocenters. The number of nitrogens with zero attached hydrogens (tertiary/aromatic N) is 2. The van der Waals surface area contributed by atoms with E-state index in [9.17, 15) is 19.5 Å². The SMILES string of the molecule is CNC(=O)c1cc(-c2cccc(CN3O[C@@H](CNC(=O)c4ccccc4)[C@@H]([C@H](C)O)[C@H]3C(=O)N[C@H]3C[C@H]4C[C@@H]([C@@H]3C)C4(C)C)c2OC)cc(N(C)C)c1. The van der Waals surface area contributed by atoms with Crippen LogP contribution in [0, 0.1) is 29.1 Å². The van der Waals surface area contributed by atoms with E-state index in [1.165, 1.54) is 6.42 Å². The Hall–Kier alpha value is -4.45. The van der Waals surface area contributed by atoms with Crippen molar-refractivity contribution >= 4 is 23.4 Å². The summed E-state index contributed by atoms with van der Waals surface area (Å²) < 4.78 is 6.06. The number of methoxy groups -OCH3 is 1. The van der Waals surface area contributed by atoms with Gasteiger partial charge in [-0.15, -0.1) is 0 Å². The van der Waals surface area contributed by atoms with Crippen LogP contribution in [0.5, 0.6) is 5.75 Å². The molecule has 284 valence electrons. The van der Waals surface area contributed by atoms with Crippen LogP contribution in [-0.2, 0) is 16.2 Å². The normalized spacial score (nSPS) is 26.5. The number of nitrogens with one attached hydrogen (secondary N) is 3. The average molecular weight is 726 g/mol. The van der Waals surface area contributed by atoms with E-state index in [4.69, 9.17) is 9.57 Å². The van der Waals surface area contributed by atoms with Gasteiger partial charge in [0.05, 0.1) is 19.8 Å². The van der Waals surface area contributed by atoms with E-state index in [1.807, 2.05) is 61.5 Å². The maximum absolute atomic E-state index is 14.5. The van der Waals surface area contributed by atoms with Crippen LogP contribution in [0.25, 0.3) is 11.1 Å². The van der Waals surface area contributed by atoms with Crippen molar-refractivity contribution in [3.05, 3.63) is 83.4 Å². The number of aliphatic hydroxyl groups is 1. The number of benzene rings is 3. The van der Waals surface area contributed by atoms with Gasteiger partial charge in [0, 0.05) is 67.6 Å². The number of ether oxygens (including phenoxy) is 1. The van der Waals surface area contributed by atoms with Gasteiger partial charge in [-0.05, 0) is 78.8 Å². The van der Waals surface area contributed by atoms with E-state index in [1.54, 1.807) is 50.4 Å². The second kappa shape index (κ2) is 15.5. The smallest absolute Gasteiger partial charge is 0.251 e. The largest absolute Gasteiger partial charge is 0.496 e. The number of amides is 3. The van der Waals surface area contributed by atoms with E-state index < -0.39 is 24.2 Å². The van der Waals surface area contributed by atoms with Crippen LogP contribution in [0.2, 0.25) is 0 Å². The highest BCUT2D eigenvalue weighted by Crippen LogP contribution is 2.61. The second-order valence-electron chi connectivity index (χ2n) is 15.9. The molecule has 4 fully saturated rings. The van der Waals surface area contributed by atoms with Gasteiger partial charge in [0.25, 0.3) is 11.8 Å². The molecule has 0 radical (unpaired) electrons. The van der Waals surface area contributed by atoms with Gasteiger partial charge in [-0.25, -0.2) is 0 Å². The summed E-state index contributed by atoms with van der Waals surface area (Å²) in [6.07, 6.45) is 0.502. The zero-order chi connectivity index (χ0) is 38.2. The minimum atomic E-state index is -0.921. The predicted octanol–water partition coefficient (Wildman–Crippen LogP) is 4.89. The highest BCUT2D eigenvalue weighted by molar-refractivity contribution is 5.97. The molecule has 4 aliphatic rings. The molecule has 53 heavy (non-hydrogen) atoms. The fourth-order valence-electron chi connectivity index (χ4n) is 9.03. The van der Waals surface area contributed by atoms with Crippen molar-refractivity contribution in [1.29, 1.82) is 0 Å². The van der Waals surface area contributed by atoms with E-state index >= 15 is 0 Å². The average Bonchev–Trinajstić information content (AvgIpc) is 3.52. The summed E-state index contributed by atoms with van der Waals surface area (Å²) in [4.78, 5) is 48.9. The number of hydrogen-bond acceptors (Lipinski definition) is 8. The summed E-state index contributed by atoms with van der Waals surface area (Å²) in [6, 6.07) is 19.6. The first kappa shape index (κ1) is 38.3. The second-order valence-corrected chi connectivity index (χ2v) is 15.9. The van der Waals surface area contributed by atoms with Gasteiger partial charge in [0.2, 0.25) is 5.91 Å². The molecule has 3 aliphatic carbocycles. The Morgan fingerprint density at radius 2 is 1.75 bits per heavy atom. The molecule has 1 saturated heterocycles. The molecule has 3 amide bonds. The molecule has 1 heterocycles. The molecule has 7 rings (SSSR count). The summed E-state index contributed by atoms with van der Waals surface area (Å²) in [5.74, 6) is 0.679. The van der Waals surface area contributed by atoms with Gasteiger partial charge in [-0.2, -0.15) is 5.06 Å². The number of para-hydroxylation sites is 1. The molecular formula is C42H55N5O6. The summed E-state index contributed by atoms with van der Waals surface area (Å²) in [5, 5.41) is 22.0. The third kappa shape index (κ3) is 7.52. The van der Waals surface area contributed by atoms with Crippen molar-refractivity contribution in [2.24, 2.45) is 29.1 Å². The standard InChI is InChI=1S/C42H55N5O6/c1-24-33-20-30(42(33,3)4)21-34(24)45-41(51)37-36(25(2)48)35(22-44-40(50)26-13-10-9-11-14-26)53-47(37)23-27-15-12-16-32(38(27)52-8)28-17-29(39(49)43-5)19-31(18-28)46(6)7/h9-19,24-25,30,33-37,48H,20-23H2,1-8H3,(H,43,49)(H,44,50)(H,45,51)/t24-,25-,30+,33-,34-,35-,36+,37-/m0/s1. The Bertz CT molecular complexity index is 1810. The molecule has 4 N–H and O–H groups in total. The predicted molar refractivity (Wildman–Crippen MR) is 205 cm³/mol. The lowest BCUT2D eigenvalue weighted by atomic mass is 9.45. The van der Waals surface area contributed by atoms with Crippen molar-refractivity contribution < 1.29 is 29.1 Å². The lowest BCUT2D eigenvalue weighted by molar-refractivity contribution is -0.176. The number of carbonyl (C=O) groups excluding carboxylic acids is 3. The topological polar surface area (TPSA) is 132 Å². The Kier molecular flexibility index (Phi) is 11.2. The van der Waals surface area contributed by atoms with Gasteiger partial charge in [-0.1, -0.05) is 57.2 Å². The minimum Gasteiger partial charge on any atom is -0.496 e. The van der Waals surface area contributed by atoms with E-state index in [2.05, 4.69) is 36.7 Å². The molecule has 11 nitrogen and oxygen atoms in total. The molecule has 2 bridgehead atoms. The number of anilines is 1. The fourth-order valence-corrected chi connectivity index (χ4v) is 9.03. The van der Waals surface area contributed by atoms with Crippen molar-refractivity contribution in [2.75, 3.05) is 39.7 Å². The van der Waals surface area contributed by atoms with Crippen LogP contribution >= 0.6 is 0 Å². The van der Waals surface area contributed by atoms with Crippen LogP contribution in [0.4, 0.5) is 5.69 Å². The van der Waals surface area contributed by atoms with Gasteiger partial charge in [-0.3, -0.25) is 19.2 Å². The maximum Gasteiger partial charge on any atom is 0.251 e. The van der Waals surface area contributed by atoms with Crippen LogP contribution in [-0.4, -0.2) is 87.0 Å². The van der Waals surface area contributed by atoms with Gasteiger partial charge in [0.15, 0.2) is 0 Å². The van der Waals surface area contributed by atoms with Crippen LogP contribution in [0.15, 0.2) is 66.7 Å². The summed E-state index contributed by atoms with van der Waals surface area (Å²) in [5.41, 5.74) is 4.47. The number of carbonyl (C=O) groups is 3. The quantitative estimate of drug-likeness (QED) is 0.208.